The monoisotopic (exact) mass is 545 g/mol. The van der Waals surface area contributed by atoms with Crippen molar-refractivity contribution < 1.29 is 22.7 Å². The van der Waals surface area contributed by atoms with Crippen molar-refractivity contribution in [3.05, 3.63) is 99.3 Å². The van der Waals surface area contributed by atoms with Crippen LogP contribution in [0.3, 0.4) is 0 Å². The molecule has 0 atom stereocenters. The van der Waals surface area contributed by atoms with Crippen LogP contribution >= 0.6 is 0 Å². The SMILES string of the molecule is CCn1cc(C(=O)NCc2ccc3c(c2)OCO3)c(=O)c2cc(S(=O)(=O)N3CCc4ccccc4C3)ccc21. The Kier molecular flexibility index (Phi) is 6.36. The lowest BCUT2D eigenvalue weighted by atomic mass is 10.0. The lowest BCUT2D eigenvalue weighted by Gasteiger charge is -2.28. The van der Waals surface area contributed by atoms with Gasteiger partial charge in [-0.15, -0.1) is 0 Å². The fourth-order valence-electron chi connectivity index (χ4n) is 5.11. The van der Waals surface area contributed by atoms with Gasteiger partial charge >= 0.3 is 0 Å². The summed E-state index contributed by atoms with van der Waals surface area (Å²) in [7, 11) is -3.85. The van der Waals surface area contributed by atoms with E-state index in [-0.39, 0.29) is 35.7 Å². The molecule has 1 aromatic heterocycles. The zero-order valence-corrected chi connectivity index (χ0v) is 22.2. The van der Waals surface area contributed by atoms with Crippen LogP contribution in [0.25, 0.3) is 10.9 Å². The van der Waals surface area contributed by atoms with E-state index in [1.54, 1.807) is 22.8 Å². The topological polar surface area (TPSA) is 107 Å². The highest BCUT2D eigenvalue weighted by Crippen LogP contribution is 2.32. The molecule has 1 amide bonds. The van der Waals surface area contributed by atoms with E-state index in [1.807, 2.05) is 37.3 Å². The number of carbonyl (C=O) groups excluding carboxylic acids is 1. The lowest BCUT2D eigenvalue weighted by Crippen LogP contribution is -2.36. The number of aryl methyl sites for hydroxylation is 1. The number of rotatable bonds is 6. The molecule has 200 valence electrons. The summed E-state index contributed by atoms with van der Waals surface area (Å²) in [5.74, 6) is 0.708. The van der Waals surface area contributed by atoms with Gasteiger partial charge in [-0.25, -0.2) is 8.42 Å². The van der Waals surface area contributed by atoms with Crippen LogP contribution in [0.5, 0.6) is 11.5 Å². The Morgan fingerprint density at radius 2 is 1.79 bits per heavy atom. The molecule has 10 heteroatoms. The quantitative estimate of drug-likeness (QED) is 0.398. The van der Waals surface area contributed by atoms with Gasteiger partial charge in [0.25, 0.3) is 5.91 Å². The third kappa shape index (κ3) is 4.55. The van der Waals surface area contributed by atoms with E-state index in [0.29, 0.717) is 36.5 Å². The highest BCUT2D eigenvalue weighted by atomic mass is 32.2. The number of pyridine rings is 1. The Labute approximate surface area is 225 Å². The van der Waals surface area contributed by atoms with E-state index in [4.69, 9.17) is 9.47 Å². The maximum absolute atomic E-state index is 13.6. The number of benzene rings is 3. The molecule has 9 nitrogen and oxygen atoms in total. The summed E-state index contributed by atoms with van der Waals surface area (Å²) in [6.07, 6.45) is 2.15. The molecule has 0 saturated carbocycles. The molecule has 4 aromatic rings. The van der Waals surface area contributed by atoms with Gasteiger partial charge in [-0.3, -0.25) is 9.59 Å². The maximum Gasteiger partial charge on any atom is 0.257 e. The molecule has 1 N–H and O–H groups in total. The second-order valence-electron chi connectivity index (χ2n) is 9.56. The first-order valence-electron chi connectivity index (χ1n) is 12.8. The lowest BCUT2D eigenvalue weighted by molar-refractivity contribution is 0.0949. The van der Waals surface area contributed by atoms with Gasteiger partial charge in [0.2, 0.25) is 22.2 Å². The molecule has 0 aliphatic carbocycles. The average molecular weight is 546 g/mol. The summed E-state index contributed by atoms with van der Waals surface area (Å²) in [6.45, 7) is 3.37. The molecule has 6 rings (SSSR count). The molecule has 3 aromatic carbocycles. The van der Waals surface area contributed by atoms with E-state index in [2.05, 4.69) is 5.32 Å². The van der Waals surface area contributed by atoms with Crippen molar-refractivity contribution in [1.82, 2.24) is 14.2 Å². The number of hydrogen-bond donors (Lipinski definition) is 1. The number of nitrogens with one attached hydrogen (secondary N) is 1. The summed E-state index contributed by atoms with van der Waals surface area (Å²) in [4.78, 5) is 26.7. The average Bonchev–Trinajstić information content (AvgIpc) is 3.44. The van der Waals surface area contributed by atoms with Gasteiger partial charge in [-0.1, -0.05) is 30.3 Å². The Bertz CT molecular complexity index is 1780. The summed E-state index contributed by atoms with van der Waals surface area (Å²) in [5, 5.41) is 2.98. The van der Waals surface area contributed by atoms with Crippen LogP contribution in [0, 0.1) is 0 Å². The van der Waals surface area contributed by atoms with Gasteiger partial charge in [0, 0.05) is 37.8 Å². The third-order valence-corrected chi connectivity index (χ3v) is 9.10. The van der Waals surface area contributed by atoms with Crippen molar-refractivity contribution >= 4 is 26.8 Å². The Balaban J connectivity index is 1.31. The van der Waals surface area contributed by atoms with Crippen LogP contribution < -0.4 is 20.2 Å². The number of hydrogen-bond acceptors (Lipinski definition) is 6. The summed E-state index contributed by atoms with van der Waals surface area (Å²) in [6, 6.07) is 17.7. The number of nitrogens with zero attached hydrogens (tertiary/aromatic N) is 2. The van der Waals surface area contributed by atoms with Gasteiger partial charge in [-0.2, -0.15) is 4.31 Å². The Hall–Kier alpha value is -4.15. The molecule has 0 bridgehead atoms. The molecule has 0 radical (unpaired) electrons. The predicted octanol–water partition coefficient (Wildman–Crippen LogP) is 3.43. The van der Waals surface area contributed by atoms with Gasteiger partial charge < -0.3 is 19.4 Å². The number of carbonyl (C=O) groups is 1. The van der Waals surface area contributed by atoms with Crippen molar-refractivity contribution in [1.29, 1.82) is 0 Å². The molecule has 0 unspecified atom stereocenters. The second-order valence-corrected chi connectivity index (χ2v) is 11.5. The zero-order chi connectivity index (χ0) is 27.1. The van der Waals surface area contributed by atoms with Crippen LogP contribution in [0.4, 0.5) is 0 Å². The molecular weight excluding hydrogens is 518 g/mol. The standard InChI is InChI=1S/C29H27N3O6S/c1-2-31-17-24(29(34)30-15-19-7-10-26-27(13-19)38-18-37-26)28(33)23-14-22(8-9-25(23)31)39(35,36)32-12-11-20-5-3-4-6-21(20)16-32/h3-10,13-14,17H,2,11-12,15-16,18H2,1H3,(H,30,34). The number of fused-ring (bicyclic) bond motifs is 3. The van der Waals surface area contributed by atoms with Crippen LogP contribution in [0.15, 0.2) is 76.6 Å². The number of aromatic nitrogens is 1. The summed E-state index contributed by atoms with van der Waals surface area (Å²) >= 11 is 0. The fourth-order valence-corrected chi connectivity index (χ4v) is 6.56. The molecule has 2 aliphatic rings. The van der Waals surface area contributed by atoms with Gasteiger partial charge in [0.15, 0.2) is 11.5 Å². The highest BCUT2D eigenvalue weighted by molar-refractivity contribution is 7.89. The highest BCUT2D eigenvalue weighted by Gasteiger charge is 2.29. The van der Waals surface area contributed by atoms with Crippen molar-refractivity contribution in [2.24, 2.45) is 0 Å². The fraction of sp³-hybridized carbons (Fsp3) is 0.241. The first kappa shape index (κ1) is 25.1. The van der Waals surface area contributed by atoms with Crippen LogP contribution in [-0.4, -0.2) is 36.5 Å². The van der Waals surface area contributed by atoms with Crippen molar-refractivity contribution in [2.75, 3.05) is 13.3 Å². The van der Waals surface area contributed by atoms with Crippen molar-refractivity contribution in [3.8, 4) is 11.5 Å². The molecule has 0 spiro atoms. The minimum atomic E-state index is -3.85. The van der Waals surface area contributed by atoms with E-state index in [0.717, 1.165) is 16.7 Å². The Morgan fingerprint density at radius 1 is 1.00 bits per heavy atom. The second kappa shape index (κ2) is 9.87. The Morgan fingerprint density at radius 3 is 2.62 bits per heavy atom. The molecule has 2 aliphatic heterocycles. The molecule has 3 heterocycles. The normalized spacial score (nSPS) is 14.8. The first-order valence-corrected chi connectivity index (χ1v) is 14.2. The summed E-state index contributed by atoms with van der Waals surface area (Å²) in [5.41, 5.74) is 2.91. The van der Waals surface area contributed by atoms with Crippen molar-refractivity contribution in [2.45, 2.75) is 37.9 Å². The van der Waals surface area contributed by atoms with Crippen LogP contribution in [0.1, 0.15) is 34.0 Å². The minimum Gasteiger partial charge on any atom is -0.454 e. The zero-order valence-electron chi connectivity index (χ0n) is 21.3. The molecule has 39 heavy (non-hydrogen) atoms. The van der Waals surface area contributed by atoms with E-state index in [9.17, 15) is 18.0 Å². The van der Waals surface area contributed by atoms with E-state index >= 15 is 0 Å². The smallest absolute Gasteiger partial charge is 0.257 e. The minimum absolute atomic E-state index is 0.0343. The number of sulfonamides is 1. The maximum atomic E-state index is 13.6. The first-order chi connectivity index (χ1) is 18.8. The largest absolute Gasteiger partial charge is 0.454 e. The number of amides is 1. The molecule has 0 saturated heterocycles. The van der Waals surface area contributed by atoms with Crippen molar-refractivity contribution in [3.63, 3.8) is 0 Å². The van der Waals surface area contributed by atoms with Crippen LogP contribution in [0.2, 0.25) is 0 Å². The van der Waals surface area contributed by atoms with Crippen LogP contribution in [-0.2, 0) is 36.1 Å². The van der Waals surface area contributed by atoms with E-state index in [1.165, 1.54) is 22.6 Å². The molecular formula is C29H27N3O6S. The summed E-state index contributed by atoms with van der Waals surface area (Å²) < 4.78 is 41.1. The van der Waals surface area contributed by atoms with Gasteiger partial charge in [0.1, 0.15) is 5.56 Å². The number of ether oxygens (including phenoxy) is 2. The molecule has 0 fully saturated rings. The predicted molar refractivity (Wildman–Crippen MR) is 145 cm³/mol. The third-order valence-electron chi connectivity index (χ3n) is 7.26. The van der Waals surface area contributed by atoms with E-state index < -0.39 is 21.4 Å². The van der Waals surface area contributed by atoms with Gasteiger partial charge in [-0.05, 0) is 60.4 Å². The van der Waals surface area contributed by atoms with Gasteiger partial charge in [0.05, 0.1) is 10.4 Å².